The minimum absolute atomic E-state index is 0.0168. The molecule has 0 unspecified atom stereocenters. The number of nitrogens with zero attached hydrogens (tertiary/aromatic N) is 1. The summed E-state index contributed by atoms with van der Waals surface area (Å²) in [6, 6.07) is 3.87. The maximum Gasteiger partial charge on any atom is 0.321 e. The van der Waals surface area contributed by atoms with E-state index in [1.165, 1.54) is 24.3 Å². The lowest BCUT2D eigenvalue weighted by atomic mass is 10.1. The molecule has 1 aromatic carbocycles. The molecule has 1 aromatic rings. The van der Waals surface area contributed by atoms with Crippen LogP contribution in [-0.2, 0) is 20.6 Å². The highest BCUT2D eigenvalue weighted by molar-refractivity contribution is 7.88. The van der Waals surface area contributed by atoms with Gasteiger partial charge in [0.2, 0.25) is 10.0 Å². The number of carbonyl (C=O) groups is 1. The number of sulfonamides is 1. The number of nitro groups is 1. The van der Waals surface area contributed by atoms with Gasteiger partial charge in [-0.1, -0.05) is 26.0 Å². The Morgan fingerprint density at radius 1 is 1.32 bits per heavy atom. The van der Waals surface area contributed by atoms with Gasteiger partial charge in [-0.25, -0.2) is 13.1 Å². The van der Waals surface area contributed by atoms with E-state index < -0.39 is 32.7 Å². The average Bonchev–Trinajstić information content (AvgIpc) is 2.37. The summed E-state index contributed by atoms with van der Waals surface area (Å²) in [6.07, 6.45) is 0.175. The van der Waals surface area contributed by atoms with Crippen molar-refractivity contribution in [3.63, 3.8) is 0 Å². The fourth-order valence-electron chi connectivity index (χ4n) is 1.86. The van der Waals surface area contributed by atoms with Crippen molar-refractivity contribution < 1.29 is 23.2 Å². The average molecular weight is 330 g/mol. The van der Waals surface area contributed by atoms with Crippen LogP contribution in [0.4, 0.5) is 5.69 Å². The zero-order valence-electron chi connectivity index (χ0n) is 12.2. The van der Waals surface area contributed by atoms with Gasteiger partial charge in [-0.15, -0.1) is 0 Å². The van der Waals surface area contributed by atoms with E-state index in [1.807, 2.05) is 0 Å². The molecule has 0 radical (unpaired) electrons. The van der Waals surface area contributed by atoms with Crippen molar-refractivity contribution in [2.75, 3.05) is 0 Å². The Balaban J connectivity index is 2.81. The second kappa shape index (κ2) is 7.32. The van der Waals surface area contributed by atoms with Gasteiger partial charge in [0.05, 0.1) is 10.7 Å². The molecular formula is C13H18N2O6S. The Kier molecular flexibility index (Phi) is 6.01. The Morgan fingerprint density at radius 2 is 1.86 bits per heavy atom. The van der Waals surface area contributed by atoms with Crippen LogP contribution in [0.2, 0.25) is 0 Å². The first-order valence-electron chi connectivity index (χ1n) is 6.57. The predicted molar refractivity (Wildman–Crippen MR) is 79.7 cm³/mol. The molecule has 122 valence electrons. The molecule has 0 aromatic heterocycles. The van der Waals surface area contributed by atoms with Crippen molar-refractivity contribution in [2.45, 2.75) is 32.1 Å². The van der Waals surface area contributed by atoms with Gasteiger partial charge in [-0.3, -0.25) is 14.9 Å². The number of nitrogens with one attached hydrogen (secondary N) is 1. The van der Waals surface area contributed by atoms with Gasteiger partial charge in [0.25, 0.3) is 5.69 Å². The number of aliphatic carboxylic acids is 1. The van der Waals surface area contributed by atoms with Gasteiger partial charge >= 0.3 is 5.97 Å². The molecule has 0 bridgehead atoms. The van der Waals surface area contributed by atoms with Crippen LogP contribution in [0.15, 0.2) is 24.3 Å². The first-order chi connectivity index (χ1) is 10.1. The lowest BCUT2D eigenvalue weighted by molar-refractivity contribution is -0.384. The maximum absolute atomic E-state index is 12.0. The third-order valence-corrected chi connectivity index (χ3v) is 4.19. The van der Waals surface area contributed by atoms with E-state index in [4.69, 9.17) is 5.11 Å². The lowest BCUT2D eigenvalue weighted by Gasteiger charge is -2.16. The van der Waals surface area contributed by atoms with E-state index in [0.717, 1.165) is 0 Å². The zero-order valence-corrected chi connectivity index (χ0v) is 13.0. The predicted octanol–water partition coefficient (Wildman–Crippen LogP) is 1.51. The zero-order chi connectivity index (χ0) is 16.9. The summed E-state index contributed by atoms with van der Waals surface area (Å²) in [7, 11) is -3.86. The van der Waals surface area contributed by atoms with Gasteiger partial charge in [-0.05, 0) is 17.9 Å². The summed E-state index contributed by atoms with van der Waals surface area (Å²) < 4.78 is 26.2. The number of hydrogen-bond acceptors (Lipinski definition) is 5. The van der Waals surface area contributed by atoms with Crippen LogP contribution < -0.4 is 4.72 Å². The lowest BCUT2D eigenvalue weighted by Crippen LogP contribution is -2.42. The van der Waals surface area contributed by atoms with Gasteiger partial charge in [0.1, 0.15) is 6.04 Å². The standard InChI is InChI=1S/C13H18N2O6S/c1-9(2)7-12(13(16)17)14-22(20,21)8-10-3-5-11(6-4-10)15(18)19/h3-6,9,12,14H,7-8H2,1-2H3,(H,16,17)/t12-/m0/s1. The number of rotatable bonds is 8. The molecule has 0 saturated heterocycles. The first kappa shape index (κ1) is 18.1. The normalized spacial score (nSPS) is 13.0. The Bertz CT molecular complexity index is 639. The summed E-state index contributed by atoms with van der Waals surface area (Å²) in [5.41, 5.74) is 0.198. The minimum atomic E-state index is -3.86. The molecule has 0 aliphatic rings. The van der Waals surface area contributed by atoms with Gasteiger partial charge < -0.3 is 5.11 Å². The Labute approximate surface area is 128 Å². The molecule has 0 heterocycles. The van der Waals surface area contributed by atoms with Gasteiger partial charge in [0.15, 0.2) is 0 Å². The molecule has 1 rings (SSSR count). The Morgan fingerprint density at radius 3 is 2.27 bits per heavy atom. The molecular weight excluding hydrogens is 312 g/mol. The van der Waals surface area contributed by atoms with E-state index >= 15 is 0 Å². The summed E-state index contributed by atoms with van der Waals surface area (Å²) in [5, 5.41) is 19.6. The fourth-order valence-corrected chi connectivity index (χ4v) is 3.21. The summed E-state index contributed by atoms with van der Waals surface area (Å²) >= 11 is 0. The van der Waals surface area contributed by atoms with E-state index in [0.29, 0.717) is 5.56 Å². The van der Waals surface area contributed by atoms with Gasteiger partial charge in [-0.2, -0.15) is 0 Å². The van der Waals surface area contributed by atoms with Crippen LogP contribution in [0.3, 0.4) is 0 Å². The SMILES string of the molecule is CC(C)C[C@H](NS(=O)(=O)Cc1ccc([N+](=O)[O-])cc1)C(=O)O. The summed E-state index contributed by atoms with van der Waals surface area (Å²) in [5.74, 6) is -1.66. The van der Waals surface area contributed by atoms with Crippen LogP contribution in [-0.4, -0.2) is 30.5 Å². The second-order valence-corrected chi connectivity index (χ2v) is 7.07. The number of carboxylic acids is 1. The van der Waals surface area contributed by atoms with Crippen molar-refractivity contribution in [1.29, 1.82) is 0 Å². The van der Waals surface area contributed by atoms with Gasteiger partial charge in [0, 0.05) is 12.1 Å². The highest BCUT2D eigenvalue weighted by atomic mass is 32.2. The van der Waals surface area contributed by atoms with E-state index in [9.17, 15) is 23.3 Å². The summed E-state index contributed by atoms with van der Waals surface area (Å²) in [6.45, 7) is 3.58. The molecule has 0 spiro atoms. The Hall–Kier alpha value is -2.00. The van der Waals surface area contributed by atoms with E-state index in [-0.39, 0.29) is 18.0 Å². The number of benzene rings is 1. The fraction of sp³-hybridized carbons (Fsp3) is 0.462. The van der Waals surface area contributed by atoms with Crippen LogP contribution >= 0.6 is 0 Å². The molecule has 1 atom stereocenters. The van der Waals surface area contributed by atoms with Crippen molar-refractivity contribution in [2.24, 2.45) is 5.92 Å². The molecule has 2 N–H and O–H groups in total. The second-order valence-electron chi connectivity index (χ2n) is 5.32. The molecule has 0 aliphatic carbocycles. The third kappa shape index (κ3) is 5.78. The topological polar surface area (TPSA) is 127 Å². The maximum atomic E-state index is 12.0. The summed E-state index contributed by atoms with van der Waals surface area (Å²) in [4.78, 5) is 21.0. The van der Waals surface area contributed by atoms with Crippen LogP contribution in [0.5, 0.6) is 0 Å². The smallest absolute Gasteiger partial charge is 0.321 e. The molecule has 22 heavy (non-hydrogen) atoms. The van der Waals surface area contributed by atoms with Crippen LogP contribution in [0.25, 0.3) is 0 Å². The minimum Gasteiger partial charge on any atom is -0.480 e. The molecule has 0 saturated carbocycles. The molecule has 9 heteroatoms. The van der Waals surface area contributed by atoms with Crippen molar-refractivity contribution in [3.8, 4) is 0 Å². The number of hydrogen-bond donors (Lipinski definition) is 2. The monoisotopic (exact) mass is 330 g/mol. The number of nitro benzene ring substituents is 1. The van der Waals surface area contributed by atoms with E-state index in [2.05, 4.69) is 4.72 Å². The molecule has 8 nitrogen and oxygen atoms in total. The van der Waals surface area contributed by atoms with Crippen LogP contribution in [0.1, 0.15) is 25.8 Å². The van der Waals surface area contributed by atoms with Crippen LogP contribution in [0, 0.1) is 16.0 Å². The van der Waals surface area contributed by atoms with E-state index in [1.54, 1.807) is 13.8 Å². The van der Waals surface area contributed by atoms with Crippen molar-refractivity contribution >= 4 is 21.7 Å². The highest BCUT2D eigenvalue weighted by Gasteiger charge is 2.25. The van der Waals surface area contributed by atoms with Crippen molar-refractivity contribution in [3.05, 3.63) is 39.9 Å². The first-order valence-corrected chi connectivity index (χ1v) is 8.22. The van der Waals surface area contributed by atoms with Crippen molar-refractivity contribution in [1.82, 2.24) is 4.72 Å². The largest absolute Gasteiger partial charge is 0.480 e. The number of non-ortho nitro benzene ring substituents is 1. The highest BCUT2D eigenvalue weighted by Crippen LogP contribution is 2.14. The third-order valence-electron chi connectivity index (χ3n) is 2.83. The molecule has 0 amide bonds. The molecule has 0 aliphatic heterocycles. The molecule has 0 fully saturated rings. The number of carboxylic acid groups (broad SMARTS) is 1. The quantitative estimate of drug-likeness (QED) is 0.549.